The molecule has 0 aromatic heterocycles. The maximum absolute atomic E-state index is 11.7. The van der Waals surface area contributed by atoms with Crippen molar-refractivity contribution in [3.63, 3.8) is 0 Å². The third-order valence-electron chi connectivity index (χ3n) is 3.16. The highest BCUT2D eigenvalue weighted by molar-refractivity contribution is 5.68. The van der Waals surface area contributed by atoms with Crippen LogP contribution in [0.2, 0.25) is 0 Å². The van der Waals surface area contributed by atoms with Crippen molar-refractivity contribution in [1.82, 2.24) is 10.6 Å². The largest absolute Gasteiger partial charge is 0.444 e. The van der Waals surface area contributed by atoms with E-state index >= 15 is 0 Å². The van der Waals surface area contributed by atoms with E-state index in [9.17, 15) is 4.79 Å². The van der Waals surface area contributed by atoms with Gasteiger partial charge in [-0.25, -0.2) is 4.79 Å². The molecule has 5 heteroatoms. The molecule has 1 fully saturated rings. The molecule has 0 bridgehead atoms. The van der Waals surface area contributed by atoms with Crippen LogP contribution in [0.15, 0.2) is 0 Å². The molecule has 1 saturated carbocycles. The Bertz CT molecular complexity index is 276. The molecule has 2 atom stereocenters. The summed E-state index contributed by atoms with van der Waals surface area (Å²) in [4.78, 5) is 11.7. The lowest BCUT2D eigenvalue weighted by atomic mass is 9.91. The van der Waals surface area contributed by atoms with Crippen LogP contribution in [0.3, 0.4) is 0 Å². The Morgan fingerprint density at radius 1 is 1.32 bits per heavy atom. The van der Waals surface area contributed by atoms with E-state index in [4.69, 9.17) is 9.84 Å². The normalized spacial score (nSPS) is 24.0. The van der Waals surface area contributed by atoms with Gasteiger partial charge < -0.3 is 20.5 Å². The highest BCUT2D eigenvalue weighted by atomic mass is 16.6. The third kappa shape index (κ3) is 7.38. The topological polar surface area (TPSA) is 70.6 Å². The molecule has 112 valence electrons. The number of rotatable bonds is 5. The van der Waals surface area contributed by atoms with Gasteiger partial charge in [0.1, 0.15) is 5.60 Å². The molecular formula is C14H28N2O3. The summed E-state index contributed by atoms with van der Waals surface area (Å²) in [5, 5.41) is 15.1. The zero-order valence-corrected chi connectivity index (χ0v) is 12.4. The fourth-order valence-corrected chi connectivity index (χ4v) is 2.37. The Morgan fingerprint density at radius 2 is 2.00 bits per heavy atom. The molecule has 0 aliphatic heterocycles. The Hall–Kier alpha value is -0.810. The molecule has 1 aliphatic carbocycles. The van der Waals surface area contributed by atoms with Crippen LogP contribution in [-0.2, 0) is 4.74 Å². The molecule has 0 radical (unpaired) electrons. The van der Waals surface area contributed by atoms with E-state index in [2.05, 4.69) is 10.6 Å². The lowest BCUT2D eigenvalue weighted by Gasteiger charge is -2.31. The summed E-state index contributed by atoms with van der Waals surface area (Å²) in [6.45, 7) is 6.66. The van der Waals surface area contributed by atoms with Gasteiger partial charge in [-0.1, -0.05) is 0 Å². The van der Waals surface area contributed by atoms with Crippen LogP contribution in [0.25, 0.3) is 0 Å². The van der Waals surface area contributed by atoms with Crippen molar-refractivity contribution >= 4 is 6.09 Å². The van der Waals surface area contributed by atoms with Crippen molar-refractivity contribution in [2.24, 2.45) is 0 Å². The molecular weight excluding hydrogens is 244 g/mol. The van der Waals surface area contributed by atoms with E-state index in [1.54, 1.807) is 0 Å². The van der Waals surface area contributed by atoms with E-state index in [0.717, 1.165) is 38.6 Å². The van der Waals surface area contributed by atoms with Gasteiger partial charge in [-0.05, 0) is 59.4 Å². The number of hydrogen-bond donors (Lipinski definition) is 3. The average molecular weight is 272 g/mol. The van der Waals surface area contributed by atoms with Gasteiger partial charge in [-0.3, -0.25) is 0 Å². The van der Waals surface area contributed by atoms with Crippen LogP contribution in [-0.4, -0.2) is 42.0 Å². The van der Waals surface area contributed by atoms with Gasteiger partial charge in [0, 0.05) is 18.7 Å². The zero-order valence-electron chi connectivity index (χ0n) is 12.4. The molecule has 0 heterocycles. The second-order valence-electron chi connectivity index (χ2n) is 6.24. The van der Waals surface area contributed by atoms with Crippen LogP contribution < -0.4 is 10.6 Å². The molecule has 1 amide bonds. The first-order chi connectivity index (χ1) is 8.90. The Balaban J connectivity index is 2.28. The second-order valence-corrected chi connectivity index (χ2v) is 6.24. The van der Waals surface area contributed by atoms with Crippen LogP contribution in [0.4, 0.5) is 4.79 Å². The molecule has 0 spiro atoms. The lowest BCUT2D eigenvalue weighted by molar-refractivity contribution is 0.0488. The number of aliphatic hydroxyl groups is 1. The Morgan fingerprint density at radius 3 is 2.63 bits per heavy atom. The van der Waals surface area contributed by atoms with Crippen LogP contribution in [0.5, 0.6) is 0 Å². The molecule has 5 nitrogen and oxygen atoms in total. The Labute approximate surface area is 116 Å². The summed E-state index contributed by atoms with van der Waals surface area (Å²) >= 11 is 0. The minimum absolute atomic E-state index is 0.190. The highest BCUT2D eigenvalue weighted by Crippen LogP contribution is 2.19. The van der Waals surface area contributed by atoms with Gasteiger partial charge in [0.2, 0.25) is 0 Å². The standard InChI is InChI=1S/C14H28N2O3/c1-14(2,3)19-13(18)16-12-7-4-6-11(10-12)15-8-5-9-17/h11-12,15,17H,4-10H2,1-3H3,(H,16,18). The van der Waals surface area contributed by atoms with Gasteiger partial charge in [0.05, 0.1) is 0 Å². The molecule has 2 unspecified atom stereocenters. The molecule has 3 N–H and O–H groups in total. The van der Waals surface area contributed by atoms with E-state index in [-0.39, 0.29) is 18.7 Å². The van der Waals surface area contributed by atoms with Gasteiger partial charge in [-0.2, -0.15) is 0 Å². The monoisotopic (exact) mass is 272 g/mol. The predicted octanol–water partition coefficient (Wildman–Crippen LogP) is 1.79. The SMILES string of the molecule is CC(C)(C)OC(=O)NC1CCCC(NCCCO)C1. The lowest BCUT2D eigenvalue weighted by Crippen LogP contribution is -2.45. The summed E-state index contributed by atoms with van der Waals surface area (Å²) in [5.41, 5.74) is -0.447. The van der Waals surface area contributed by atoms with Crippen molar-refractivity contribution in [3.05, 3.63) is 0 Å². The zero-order chi connectivity index (χ0) is 14.3. The predicted molar refractivity (Wildman–Crippen MR) is 75.1 cm³/mol. The number of alkyl carbamates (subject to hydrolysis) is 1. The van der Waals surface area contributed by atoms with E-state index < -0.39 is 5.60 Å². The third-order valence-corrected chi connectivity index (χ3v) is 3.16. The second kappa shape index (κ2) is 7.70. The maximum atomic E-state index is 11.7. The Kier molecular flexibility index (Phi) is 6.58. The van der Waals surface area contributed by atoms with Gasteiger partial charge in [-0.15, -0.1) is 0 Å². The number of ether oxygens (including phenoxy) is 1. The van der Waals surface area contributed by atoms with E-state index in [0.29, 0.717) is 6.04 Å². The molecule has 1 rings (SSSR count). The minimum Gasteiger partial charge on any atom is -0.444 e. The van der Waals surface area contributed by atoms with Crippen LogP contribution in [0.1, 0.15) is 52.9 Å². The van der Waals surface area contributed by atoms with Crippen LogP contribution in [0, 0.1) is 0 Å². The number of hydrogen-bond acceptors (Lipinski definition) is 4. The van der Waals surface area contributed by atoms with Crippen molar-refractivity contribution in [3.8, 4) is 0 Å². The number of carbonyl (C=O) groups excluding carboxylic acids is 1. The number of amides is 1. The summed E-state index contributed by atoms with van der Waals surface area (Å²) in [6, 6.07) is 0.621. The fourth-order valence-electron chi connectivity index (χ4n) is 2.37. The smallest absolute Gasteiger partial charge is 0.407 e. The number of carbonyl (C=O) groups is 1. The summed E-state index contributed by atoms with van der Waals surface area (Å²) in [5.74, 6) is 0. The maximum Gasteiger partial charge on any atom is 0.407 e. The van der Waals surface area contributed by atoms with Crippen molar-refractivity contribution in [2.45, 2.75) is 70.6 Å². The summed E-state index contributed by atoms with van der Waals surface area (Å²) in [7, 11) is 0. The molecule has 19 heavy (non-hydrogen) atoms. The van der Waals surface area contributed by atoms with Crippen molar-refractivity contribution < 1.29 is 14.6 Å². The molecule has 0 aromatic carbocycles. The van der Waals surface area contributed by atoms with Gasteiger partial charge in [0.15, 0.2) is 0 Å². The van der Waals surface area contributed by atoms with Crippen molar-refractivity contribution in [2.75, 3.05) is 13.2 Å². The van der Waals surface area contributed by atoms with Crippen molar-refractivity contribution in [1.29, 1.82) is 0 Å². The van der Waals surface area contributed by atoms with Gasteiger partial charge in [0.25, 0.3) is 0 Å². The van der Waals surface area contributed by atoms with Crippen LogP contribution >= 0.6 is 0 Å². The highest BCUT2D eigenvalue weighted by Gasteiger charge is 2.24. The van der Waals surface area contributed by atoms with E-state index in [1.807, 2.05) is 20.8 Å². The van der Waals surface area contributed by atoms with Gasteiger partial charge >= 0.3 is 6.09 Å². The summed E-state index contributed by atoms with van der Waals surface area (Å²) in [6.07, 6.45) is 4.64. The average Bonchev–Trinajstić information content (AvgIpc) is 2.27. The fraction of sp³-hybridized carbons (Fsp3) is 0.929. The first-order valence-corrected chi connectivity index (χ1v) is 7.24. The minimum atomic E-state index is -0.447. The molecule has 0 aromatic rings. The first kappa shape index (κ1) is 16.2. The molecule has 1 aliphatic rings. The summed E-state index contributed by atoms with van der Waals surface area (Å²) < 4.78 is 5.27. The molecule has 0 saturated heterocycles. The number of aliphatic hydroxyl groups excluding tert-OH is 1. The van der Waals surface area contributed by atoms with E-state index in [1.165, 1.54) is 0 Å². The quantitative estimate of drug-likeness (QED) is 0.667. The first-order valence-electron chi connectivity index (χ1n) is 7.24. The number of nitrogens with one attached hydrogen (secondary N) is 2.